The van der Waals surface area contributed by atoms with E-state index in [2.05, 4.69) is 21.1 Å². The van der Waals surface area contributed by atoms with E-state index >= 15 is 0 Å². The highest BCUT2D eigenvalue weighted by atomic mass is 32.2. The quantitative estimate of drug-likeness (QED) is 0.442. The molecule has 0 saturated heterocycles. The van der Waals surface area contributed by atoms with E-state index in [1.165, 1.54) is 0 Å². The highest BCUT2D eigenvalue weighted by Crippen LogP contribution is 2.30. The number of hydrogen-bond donors (Lipinski definition) is 3. The largest absolute Gasteiger partial charge is 0.358 e. The van der Waals surface area contributed by atoms with Crippen molar-refractivity contribution >= 4 is 38.0 Å². The molecule has 7 heteroatoms. The second kappa shape index (κ2) is 7.34. The predicted octanol–water partition coefficient (Wildman–Crippen LogP) is 4.89. The number of nitrogens with one attached hydrogen (secondary N) is 3. The molecule has 3 N–H and O–H groups in total. The zero-order chi connectivity index (χ0) is 20.4. The Kier molecular flexibility index (Phi) is 4.71. The van der Waals surface area contributed by atoms with Crippen LogP contribution in [0.5, 0.6) is 0 Å². The minimum absolute atomic E-state index is 0.150. The van der Waals surface area contributed by atoms with E-state index in [0.717, 1.165) is 22.3 Å². The Morgan fingerprint density at radius 1 is 0.931 bits per heavy atom. The molecule has 3 aromatic carbocycles. The van der Waals surface area contributed by atoms with Gasteiger partial charge in [-0.15, -0.1) is 0 Å². The number of sulfonamides is 1. The number of aromatic nitrogens is 1. The van der Waals surface area contributed by atoms with Gasteiger partial charge in [0.15, 0.2) is 0 Å². The van der Waals surface area contributed by atoms with E-state index in [4.69, 9.17) is 0 Å². The van der Waals surface area contributed by atoms with Gasteiger partial charge in [-0.2, -0.15) is 5.26 Å². The van der Waals surface area contributed by atoms with Crippen molar-refractivity contribution in [3.05, 3.63) is 84.1 Å². The van der Waals surface area contributed by atoms with Crippen LogP contribution in [-0.4, -0.2) is 13.4 Å². The Balaban J connectivity index is 1.61. The Labute approximate surface area is 168 Å². The normalized spacial score (nSPS) is 11.2. The van der Waals surface area contributed by atoms with Crippen LogP contribution in [0.1, 0.15) is 11.1 Å². The van der Waals surface area contributed by atoms with E-state index in [1.54, 1.807) is 42.6 Å². The van der Waals surface area contributed by atoms with Crippen LogP contribution in [0.4, 0.5) is 17.1 Å². The van der Waals surface area contributed by atoms with Gasteiger partial charge in [0.2, 0.25) is 0 Å². The second-order valence-corrected chi connectivity index (χ2v) is 8.30. The maximum Gasteiger partial charge on any atom is 0.261 e. The number of para-hydroxylation sites is 1. The van der Waals surface area contributed by atoms with Gasteiger partial charge in [-0.25, -0.2) is 8.42 Å². The summed E-state index contributed by atoms with van der Waals surface area (Å²) in [6.45, 7) is 1.88. The molecule has 0 bridgehead atoms. The third-order valence-corrected chi connectivity index (χ3v) is 6.02. The molecule has 4 aromatic rings. The van der Waals surface area contributed by atoms with Crippen molar-refractivity contribution < 1.29 is 8.42 Å². The Hall–Kier alpha value is -3.76. The lowest BCUT2D eigenvalue weighted by atomic mass is 10.1. The Morgan fingerprint density at radius 3 is 2.31 bits per heavy atom. The van der Waals surface area contributed by atoms with Crippen LogP contribution >= 0.6 is 0 Å². The van der Waals surface area contributed by atoms with Gasteiger partial charge in [0.1, 0.15) is 6.07 Å². The molecule has 0 amide bonds. The van der Waals surface area contributed by atoms with Crippen LogP contribution in [0, 0.1) is 18.3 Å². The number of benzene rings is 3. The van der Waals surface area contributed by atoms with Gasteiger partial charge >= 0.3 is 0 Å². The molecular formula is C22H18N4O2S. The summed E-state index contributed by atoms with van der Waals surface area (Å²) in [5.74, 6) is 0. The highest BCUT2D eigenvalue weighted by Gasteiger charge is 2.18. The molecule has 1 heterocycles. The zero-order valence-electron chi connectivity index (χ0n) is 15.6. The summed E-state index contributed by atoms with van der Waals surface area (Å²) in [6, 6.07) is 21.8. The third-order valence-electron chi connectivity index (χ3n) is 4.64. The molecular weight excluding hydrogens is 384 g/mol. The summed E-state index contributed by atoms with van der Waals surface area (Å²) in [5.41, 5.74) is 4.08. The predicted molar refractivity (Wildman–Crippen MR) is 115 cm³/mol. The molecule has 0 atom stereocenters. The molecule has 29 heavy (non-hydrogen) atoms. The summed E-state index contributed by atoms with van der Waals surface area (Å²) >= 11 is 0. The molecule has 1 aromatic heterocycles. The van der Waals surface area contributed by atoms with Crippen molar-refractivity contribution in [3.8, 4) is 6.07 Å². The molecule has 0 aliphatic heterocycles. The van der Waals surface area contributed by atoms with Gasteiger partial charge in [-0.1, -0.05) is 24.3 Å². The number of nitriles is 1. The fraction of sp³-hybridized carbons (Fsp3) is 0.0455. The van der Waals surface area contributed by atoms with E-state index in [0.29, 0.717) is 16.8 Å². The number of aromatic amines is 1. The highest BCUT2D eigenvalue weighted by molar-refractivity contribution is 7.92. The fourth-order valence-electron chi connectivity index (χ4n) is 3.20. The number of anilines is 3. The van der Waals surface area contributed by atoms with Crippen molar-refractivity contribution in [1.29, 1.82) is 5.26 Å². The van der Waals surface area contributed by atoms with Crippen molar-refractivity contribution in [2.45, 2.75) is 11.8 Å². The molecule has 0 aliphatic carbocycles. The van der Waals surface area contributed by atoms with Crippen LogP contribution in [0.3, 0.4) is 0 Å². The van der Waals surface area contributed by atoms with Crippen molar-refractivity contribution in [2.75, 3.05) is 10.0 Å². The third kappa shape index (κ3) is 3.66. The molecule has 144 valence electrons. The van der Waals surface area contributed by atoms with Crippen LogP contribution in [0.2, 0.25) is 0 Å². The maximum atomic E-state index is 12.9. The van der Waals surface area contributed by atoms with Gasteiger partial charge in [-0.05, 0) is 55.0 Å². The summed E-state index contributed by atoms with van der Waals surface area (Å²) in [5, 5.41) is 13.2. The first-order chi connectivity index (χ1) is 14.0. The summed E-state index contributed by atoms with van der Waals surface area (Å²) in [4.78, 5) is 3.15. The van der Waals surface area contributed by atoms with Crippen LogP contribution in [-0.2, 0) is 10.0 Å². The summed E-state index contributed by atoms with van der Waals surface area (Å²) in [7, 11) is -3.79. The number of rotatable bonds is 5. The molecule has 0 saturated carbocycles. The van der Waals surface area contributed by atoms with E-state index in [1.807, 2.05) is 37.3 Å². The lowest BCUT2D eigenvalue weighted by Gasteiger charge is -2.11. The maximum absolute atomic E-state index is 12.9. The van der Waals surface area contributed by atoms with Crippen LogP contribution < -0.4 is 10.0 Å². The Bertz CT molecular complexity index is 1320. The smallest absolute Gasteiger partial charge is 0.261 e. The topological polar surface area (TPSA) is 97.8 Å². The molecule has 0 unspecified atom stereocenters. The second-order valence-electron chi connectivity index (χ2n) is 6.62. The fourth-order valence-corrected chi connectivity index (χ4v) is 4.27. The molecule has 4 rings (SSSR count). The zero-order valence-corrected chi connectivity index (χ0v) is 16.4. The first-order valence-electron chi connectivity index (χ1n) is 8.94. The van der Waals surface area contributed by atoms with Gasteiger partial charge in [0.05, 0.1) is 21.7 Å². The van der Waals surface area contributed by atoms with Crippen molar-refractivity contribution in [2.24, 2.45) is 0 Å². The minimum atomic E-state index is -3.79. The minimum Gasteiger partial charge on any atom is -0.358 e. The SMILES string of the molecule is Cc1ccc(NS(=O)(=O)c2ccc(Nc3ccccc3)cc2)c2[nH]cc(C#N)c12. The molecule has 6 nitrogen and oxygen atoms in total. The molecule has 0 radical (unpaired) electrons. The van der Waals surface area contributed by atoms with Gasteiger partial charge < -0.3 is 10.3 Å². The Morgan fingerprint density at radius 2 is 1.62 bits per heavy atom. The number of H-pyrrole nitrogens is 1. The lowest BCUT2D eigenvalue weighted by Crippen LogP contribution is -2.13. The summed E-state index contributed by atoms with van der Waals surface area (Å²) < 4.78 is 28.4. The van der Waals surface area contributed by atoms with Crippen LogP contribution in [0.25, 0.3) is 10.9 Å². The number of nitrogens with zero attached hydrogens (tertiary/aromatic N) is 1. The average molecular weight is 402 g/mol. The molecule has 0 fully saturated rings. The standard InChI is InChI=1S/C22H18N4O2S/c1-15-7-12-20(22-21(15)16(13-23)14-24-22)26-29(27,28)19-10-8-18(9-11-19)25-17-5-3-2-4-6-17/h2-12,14,24-26H,1H3. The molecule has 0 spiro atoms. The van der Waals surface area contributed by atoms with E-state index in [9.17, 15) is 13.7 Å². The van der Waals surface area contributed by atoms with E-state index in [-0.39, 0.29) is 4.90 Å². The average Bonchev–Trinajstić information content (AvgIpc) is 3.17. The monoisotopic (exact) mass is 402 g/mol. The van der Waals surface area contributed by atoms with Gasteiger partial charge in [-0.3, -0.25) is 4.72 Å². The lowest BCUT2D eigenvalue weighted by molar-refractivity contribution is 0.601. The van der Waals surface area contributed by atoms with Crippen LogP contribution in [0.15, 0.2) is 77.8 Å². The first-order valence-corrected chi connectivity index (χ1v) is 10.4. The first kappa shape index (κ1) is 18.6. The number of fused-ring (bicyclic) bond motifs is 1. The molecule has 0 aliphatic rings. The van der Waals surface area contributed by atoms with Gasteiger partial charge in [0.25, 0.3) is 10.0 Å². The van der Waals surface area contributed by atoms with Crippen molar-refractivity contribution in [1.82, 2.24) is 4.98 Å². The summed E-state index contributed by atoms with van der Waals surface area (Å²) in [6.07, 6.45) is 1.58. The number of hydrogen-bond acceptors (Lipinski definition) is 4. The van der Waals surface area contributed by atoms with E-state index < -0.39 is 10.0 Å². The van der Waals surface area contributed by atoms with Crippen molar-refractivity contribution in [3.63, 3.8) is 0 Å². The van der Waals surface area contributed by atoms with Gasteiger partial charge in [0, 0.05) is 23.0 Å². The number of aryl methyl sites for hydroxylation is 1.